The lowest BCUT2D eigenvalue weighted by Crippen LogP contribution is -2.53. The lowest BCUT2D eigenvalue weighted by Gasteiger charge is -2.44. The van der Waals surface area contributed by atoms with Crippen LogP contribution in [0.1, 0.15) is 51.2 Å². The Balaban J connectivity index is 1.49. The molecular weight excluding hydrogens is 352 g/mol. The van der Waals surface area contributed by atoms with Crippen LogP contribution in [0.4, 0.5) is 0 Å². The third-order valence-corrected chi connectivity index (χ3v) is 8.31. The summed E-state index contributed by atoms with van der Waals surface area (Å²) < 4.78 is 38.7. The number of rotatable bonds is 5. The molecule has 6 nitrogen and oxygen atoms in total. The fourth-order valence-electron chi connectivity index (χ4n) is 5.01. The number of nitrogens with zero attached hydrogens (tertiary/aromatic N) is 2. The van der Waals surface area contributed by atoms with Crippen molar-refractivity contribution in [1.82, 2.24) is 9.21 Å². The van der Waals surface area contributed by atoms with Crippen molar-refractivity contribution in [2.75, 3.05) is 20.2 Å². The largest absolute Gasteiger partial charge is 0.446 e. The van der Waals surface area contributed by atoms with Crippen LogP contribution in [0.25, 0.3) is 0 Å². The van der Waals surface area contributed by atoms with Crippen LogP contribution in [0, 0.1) is 5.92 Å². The summed E-state index contributed by atoms with van der Waals surface area (Å²) in [6.07, 6.45) is 6.38. The molecule has 0 N–H and O–H groups in total. The summed E-state index contributed by atoms with van der Waals surface area (Å²) >= 11 is 0. The topological polar surface area (TPSA) is 63.0 Å². The first-order valence-electron chi connectivity index (χ1n) is 9.84. The van der Waals surface area contributed by atoms with E-state index in [2.05, 4.69) is 11.8 Å². The summed E-state index contributed by atoms with van der Waals surface area (Å²) in [4.78, 5) is 2.61. The Labute approximate surface area is 156 Å². The van der Waals surface area contributed by atoms with E-state index in [-0.39, 0.29) is 23.8 Å². The van der Waals surface area contributed by atoms with Gasteiger partial charge in [0.15, 0.2) is 0 Å². The Bertz CT molecular complexity index is 710. The fourth-order valence-corrected chi connectivity index (χ4v) is 6.84. The molecular formula is C19H30N2O4S. The van der Waals surface area contributed by atoms with Gasteiger partial charge in [0.2, 0.25) is 5.09 Å². The van der Waals surface area contributed by atoms with Gasteiger partial charge in [-0.15, -0.1) is 0 Å². The SMILES string of the molecule is COCc1ccc(S(=O)(=O)N2[C@@H]3CC[C@H]2C[C@H](N2CCC(C)CC2)C3)o1. The molecule has 0 saturated carbocycles. The van der Waals surface area contributed by atoms with Crippen LogP contribution in [-0.4, -0.2) is 55.9 Å². The number of sulfonamides is 1. The summed E-state index contributed by atoms with van der Waals surface area (Å²) in [6, 6.07) is 4.02. The maximum absolute atomic E-state index is 13.2. The standard InChI is InChI=1S/C19H30N2O4S/c1-14-7-9-20(10-8-14)17-11-15-3-4-16(12-17)21(15)26(22,23)19-6-5-18(25-19)13-24-2/h5-6,14-17H,3-4,7-13H2,1-2H3/t15-,16+,17-. The van der Waals surface area contributed by atoms with E-state index >= 15 is 0 Å². The highest BCUT2D eigenvalue weighted by atomic mass is 32.2. The lowest BCUT2D eigenvalue weighted by molar-refractivity contribution is 0.0752. The zero-order valence-corrected chi connectivity index (χ0v) is 16.6. The molecule has 1 aromatic heterocycles. The Morgan fingerprint density at radius 3 is 2.35 bits per heavy atom. The molecule has 1 aromatic rings. The Morgan fingerprint density at radius 2 is 1.73 bits per heavy atom. The number of ether oxygens (including phenoxy) is 1. The number of hydrogen-bond donors (Lipinski definition) is 0. The Hall–Kier alpha value is -0.890. The highest BCUT2D eigenvalue weighted by Gasteiger charge is 2.49. The normalized spacial score (nSPS) is 31.5. The third kappa shape index (κ3) is 3.35. The number of methoxy groups -OCH3 is 1. The van der Waals surface area contributed by atoms with E-state index in [1.807, 2.05) is 0 Å². The minimum Gasteiger partial charge on any atom is -0.446 e. The Morgan fingerprint density at radius 1 is 1.08 bits per heavy atom. The van der Waals surface area contributed by atoms with Gasteiger partial charge in [0.1, 0.15) is 12.4 Å². The number of hydrogen-bond acceptors (Lipinski definition) is 5. The van der Waals surface area contributed by atoms with Crippen molar-refractivity contribution < 1.29 is 17.6 Å². The van der Waals surface area contributed by atoms with Gasteiger partial charge in [0, 0.05) is 25.2 Å². The van der Waals surface area contributed by atoms with Crippen molar-refractivity contribution in [3.63, 3.8) is 0 Å². The molecule has 4 rings (SSSR count). The average molecular weight is 383 g/mol. The lowest BCUT2D eigenvalue weighted by atomic mass is 9.93. The predicted octanol–water partition coefficient (Wildman–Crippen LogP) is 2.84. The van der Waals surface area contributed by atoms with Crippen molar-refractivity contribution in [3.05, 3.63) is 17.9 Å². The van der Waals surface area contributed by atoms with Crippen molar-refractivity contribution in [2.24, 2.45) is 5.92 Å². The molecule has 3 fully saturated rings. The van der Waals surface area contributed by atoms with Gasteiger partial charge < -0.3 is 14.1 Å². The smallest absolute Gasteiger partial charge is 0.276 e. The fraction of sp³-hybridized carbons (Fsp3) is 0.789. The quantitative estimate of drug-likeness (QED) is 0.784. The molecule has 0 amide bonds. The van der Waals surface area contributed by atoms with Gasteiger partial charge in [-0.3, -0.25) is 0 Å². The van der Waals surface area contributed by atoms with Gasteiger partial charge >= 0.3 is 0 Å². The molecule has 3 aliphatic rings. The summed E-state index contributed by atoms with van der Waals surface area (Å²) in [6.45, 7) is 4.95. The minimum atomic E-state index is -3.57. The van der Waals surface area contributed by atoms with Crippen molar-refractivity contribution in [1.29, 1.82) is 0 Å². The second kappa shape index (κ2) is 7.26. The highest BCUT2D eigenvalue weighted by molar-refractivity contribution is 7.89. The number of likely N-dealkylation sites (tertiary alicyclic amines) is 1. The maximum Gasteiger partial charge on any atom is 0.276 e. The number of piperidine rings is 2. The molecule has 0 unspecified atom stereocenters. The van der Waals surface area contributed by atoms with E-state index in [4.69, 9.17) is 9.15 Å². The first-order valence-corrected chi connectivity index (χ1v) is 11.3. The summed E-state index contributed by atoms with van der Waals surface area (Å²) in [5.41, 5.74) is 0. The van der Waals surface area contributed by atoms with Crippen molar-refractivity contribution in [3.8, 4) is 0 Å². The van der Waals surface area contributed by atoms with E-state index in [0.717, 1.165) is 44.7 Å². The van der Waals surface area contributed by atoms with Crippen molar-refractivity contribution >= 4 is 10.0 Å². The van der Waals surface area contributed by atoms with Gasteiger partial charge in [-0.1, -0.05) is 6.92 Å². The maximum atomic E-state index is 13.2. The molecule has 2 bridgehead atoms. The van der Waals surface area contributed by atoms with Gasteiger partial charge in [-0.05, 0) is 69.7 Å². The third-order valence-electron chi connectivity index (χ3n) is 6.43. The average Bonchev–Trinajstić information content (AvgIpc) is 3.19. The van der Waals surface area contributed by atoms with Crippen LogP contribution in [0.15, 0.2) is 21.6 Å². The predicted molar refractivity (Wildman–Crippen MR) is 98.2 cm³/mol. The molecule has 4 heterocycles. The second-order valence-electron chi connectivity index (χ2n) is 8.22. The van der Waals surface area contributed by atoms with E-state index in [1.54, 1.807) is 23.5 Å². The number of furan rings is 1. The molecule has 0 aliphatic carbocycles. The van der Waals surface area contributed by atoms with Crippen LogP contribution >= 0.6 is 0 Å². The van der Waals surface area contributed by atoms with Gasteiger partial charge in [-0.2, -0.15) is 4.31 Å². The minimum absolute atomic E-state index is 0.0618. The van der Waals surface area contributed by atoms with Gasteiger partial charge in [-0.25, -0.2) is 8.42 Å². The molecule has 7 heteroatoms. The Kier molecular flexibility index (Phi) is 5.16. The van der Waals surface area contributed by atoms with Crippen LogP contribution in [0.3, 0.4) is 0 Å². The first kappa shape index (κ1) is 18.5. The van der Waals surface area contributed by atoms with E-state index in [0.29, 0.717) is 11.8 Å². The van der Waals surface area contributed by atoms with E-state index in [9.17, 15) is 8.42 Å². The van der Waals surface area contributed by atoms with Crippen LogP contribution in [-0.2, 0) is 21.4 Å². The zero-order valence-electron chi connectivity index (χ0n) is 15.8. The monoisotopic (exact) mass is 382 g/mol. The molecule has 26 heavy (non-hydrogen) atoms. The first-order chi connectivity index (χ1) is 12.5. The van der Waals surface area contributed by atoms with Crippen LogP contribution < -0.4 is 0 Å². The van der Waals surface area contributed by atoms with Crippen LogP contribution in [0.2, 0.25) is 0 Å². The molecule has 3 saturated heterocycles. The van der Waals surface area contributed by atoms with E-state index in [1.165, 1.54) is 12.8 Å². The van der Waals surface area contributed by atoms with Gasteiger partial charge in [0.05, 0.1) is 0 Å². The van der Waals surface area contributed by atoms with Crippen LogP contribution in [0.5, 0.6) is 0 Å². The molecule has 0 radical (unpaired) electrons. The molecule has 0 spiro atoms. The molecule has 3 aliphatic heterocycles. The summed E-state index contributed by atoms with van der Waals surface area (Å²) in [5.74, 6) is 1.37. The van der Waals surface area contributed by atoms with Crippen molar-refractivity contribution in [2.45, 2.75) is 75.3 Å². The second-order valence-corrected chi connectivity index (χ2v) is 9.99. The number of fused-ring (bicyclic) bond motifs is 2. The summed E-state index contributed by atoms with van der Waals surface area (Å²) in [7, 11) is -1.99. The van der Waals surface area contributed by atoms with Gasteiger partial charge in [0.25, 0.3) is 10.0 Å². The van der Waals surface area contributed by atoms with E-state index < -0.39 is 10.0 Å². The molecule has 0 aromatic carbocycles. The highest BCUT2D eigenvalue weighted by Crippen LogP contribution is 2.42. The molecule has 146 valence electrons. The molecule has 3 atom stereocenters. The zero-order chi connectivity index (χ0) is 18.3. The summed E-state index contributed by atoms with van der Waals surface area (Å²) in [5, 5.41) is 0.0618.